The highest BCUT2D eigenvalue weighted by Gasteiger charge is 2.25. The first-order valence-electron chi connectivity index (χ1n) is 6.07. The van der Waals surface area contributed by atoms with Crippen molar-refractivity contribution >= 4 is 34.9 Å². The predicted molar refractivity (Wildman–Crippen MR) is 80.3 cm³/mol. The van der Waals surface area contributed by atoms with Crippen LogP contribution in [-0.4, -0.2) is 28.4 Å². The molecule has 0 heterocycles. The van der Waals surface area contributed by atoms with E-state index in [1.165, 1.54) is 0 Å². The molecule has 0 rings (SSSR count). The van der Waals surface area contributed by atoms with Crippen molar-refractivity contribution in [2.45, 2.75) is 40.2 Å². The van der Waals surface area contributed by atoms with E-state index in [4.69, 9.17) is 18.0 Å². The zero-order valence-corrected chi connectivity index (χ0v) is 12.8. The predicted octanol–water partition coefficient (Wildman–Crippen LogP) is 2.19. The van der Waals surface area contributed by atoms with E-state index in [-0.39, 0.29) is 28.8 Å². The molecule has 0 aromatic carbocycles. The summed E-state index contributed by atoms with van der Waals surface area (Å²) >= 11 is 6.82. The van der Waals surface area contributed by atoms with Crippen LogP contribution in [0.4, 0.5) is 0 Å². The van der Waals surface area contributed by atoms with Crippen molar-refractivity contribution in [2.75, 3.05) is 11.5 Å². The molecular formula is C12H24N2OS2. The van der Waals surface area contributed by atoms with Gasteiger partial charge in [-0.05, 0) is 30.8 Å². The standard InChI is InChI=1S/C12H24N2OS2/c1-5-17-7-6-9(4)14-12(15)10(8(2)3)11(13)16/h8-10H,5-7H2,1-4H3,(H2,13,16)(H,14,15). The molecule has 0 saturated carbocycles. The largest absolute Gasteiger partial charge is 0.393 e. The van der Waals surface area contributed by atoms with Gasteiger partial charge in [0.15, 0.2) is 0 Å². The van der Waals surface area contributed by atoms with Crippen LogP contribution in [-0.2, 0) is 4.79 Å². The first-order chi connectivity index (χ1) is 7.90. The number of amides is 1. The van der Waals surface area contributed by atoms with E-state index in [9.17, 15) is 4.79 Å². The van der Waals surface area contributed by atoms with Crippen LogP contribution in [0, 0.1) is 11.8 Å². The number of carbonyl (C=O) groups is 1. The molecule has 1 amide bonds. The van der Waals surface area contributed by atoms with Gasteiger partial charge in [-0.25, -0.2) is 0 Å². The molecule has 0 aliphatic carbocycles. The molecule has 3 N–H and O–H groups in total. The van der Waals surface area contributed by atoms with E-state index in [1.807, 2.05) is 32.5 Å². The van der Waals surface area contributed by atoms with E-state index in [0.29, 0.717) is 0 Å². The van der Waals surface area contributed by atoms with Crippen molar-refractivity contribution in [3.63, 3.8) is 0 Å². The van der Waals surface area contributed by atoms with Gasteiger partial charge in [-0.3, -0.25) is 4.79 Å². The number of thiocarbonyl (C=S) groups is 1. The molecular weight excluding hydrogens is 252 g/mol. The highest BCUT2D eigenvalue weighted by Crippen LogP contribution is 2.12. The molecule has 0 aromatic rings. The Morgan fingerprint density at radius 3 is 2.41 bits per heavy atom. The normalized spacial score (nSPS) is 14.4. The van der Waals surface area contributed by atoms with Gasteiger partial charge in [0, 0.05) is 6.04 Å². The SMILES string of the molecule is CCSCCC(C)NC(=O)C(C(N)=S)C(C)C. The van der Waals surface area contributed by atoms with Gasteiger partial charge in [0.25, 0.3) is 0 Å². The second-order valence-electron chi connectivity index (χ2n) is 4.52. The van der Waals surface area contributed by atoms with Gasteiger partial charge in [0.1, 0.15) is 0 Å². The highest BCUT2D eigenvalue weighted by atomic mass is 32.2. The van der Waals surface area contributed by atoms with E-state index in [0.717, 1.165) is 17.9 Å². The smallest absolute Gasteiger partial charge is 0.230 e. The van der Waals surface area contributed by atoms with Crippen LogP contribution in [0.3, 0.4) is 0 Å². The van der Waals surface area contributed by atoms with Crippen molar-refractivity contribution in [1.82, 2.24) is 5.32 Å². The average molecular weight is 276 g/mol. The lowest BCUT2D eigenvalue weighted by molar-refractivity contribution is -0.124. The molecule has 0 bridgehead atoms. The summed E-state index contributed by atoms with van der Waals surface area (Å²) in [4.78, 5) is 12.3. The van der Waals surface area contributed by atoms with Gasteiger partial charge in [-0.2, -0.15) is 11.8 Å². The number of thioether (sulfide) groups is 1. The molecule has 0 saturated heterocycles. The van der Waals surface area contributed by atoms with Crippen LogP contribution in [0.15, 0.2) is 0 Å². The van der Waals surface area contributed by atoms with Crippen molar-refractivity contribution in [1.29, 1.82) is 0 Å². The Morgan fingerprint density at radius 1 is 1.41 bits per heavy atom. The number of nitrogens with one attached hydrogen (secondary N) is 1. The summed E-state index contributed by atoms with van der Waals surface area (Å²) in [7, 11) is 0. The van der Waals surface area contributed by atoms with Crippen molar-refractivity contribution in [2.24, 2.45) is 17.6 Å². The summed E-state index contributed by atoms with van der Waals surface area (Å²) in [6.45, 7) is 8.07. The fourth-order valence-corrected chi connectivity index (χ4v) is 2.76. The van der Waals surface area contributed by atoms with E-state index in [2.05, 4.69) is 12.2 Å². The fourth-order valence-electron chi connectivity index (χ4n) is 1.57. The molecule has 3 nitrogen and oxygen atoms in total. The van der Waals surface area contributed by atoms with Crippen LogP contribution in [0.1, 0.15) is 34.1 Å². The first-order valence-corrected chi connectivity index (χ1v) is 7.63. The zero-order chi connectivity index (χ0) is 13.4. The Kier molecular flexibility index (Phi) is 8.60. The third-order valence-electron chi connectivity index (χ3n) is 2.54. The van der Waals surface area contributed by atoms with Crippen LogP contribution in [0.25, 0.3) is 0 Å². The highest BCUT2D eigenvalue weighted by molar-refractivity contribution is 7.99. The molecule has 2 unspecified atom stereocenters. The third kappa shape index (κ3) is 6.88. The minimum absolute atomic E-state index is 0.0403. The van der Waals surface area contributed by atoms with E-state index < -0.39 is 0 Å². The number of hydrogen-bond acceptors (Lipinski definition) is 3. The van der Waals surface area contributed by atoms with Gasteiger partial charge < -0.3 is 11.1 Å². The Bertz CT molecular complexity index is 257. The van der Waals surface area contributed by atoms with Gasteiger partial charge >= 0.3 is 0 Å². The molecule has 0 aliphatic heterocycles. The summed E-state index contributed by atoms with van der Waals surface area (Å²) in [6.07, 6.45) is 0.979. The molecule has 0 aromatic heterocycles. The summed E-state index contributed by atoms with van der Waals surface area (Å²) in [6, 6.07) is 0.178. The van der Waals surface area contributed by atoms with E-state index in [1.54, 1.807) is 0 Å². The number of carbonyl (C=O) groups excluding carboxylic acids is 1. The molecule has 5 heteroatoms. The van der Waals surface area contributed by atoms with E-state index >= 15 is 0 Å². The zero-order valence-electron chi connectivity index (χ0n) is 11.2. The topological polar surface area (TPSA) is 55.1 Å². The molecule has 0 spiro atoms. The lowest BCUT2D eigenvalue weighted by atomic mass is 9.94. The van der Waals surface area contributed by atoms with Crippen molar-refractivity contribution in [3.8, 4) is 0 Å². The monoisotopic (exact) mass is 276 g/mol. The lowest BCUT2D eigenvalue weighted by Crippen LogP contribution is -2.44. The first kappa shape index (κ1) is 16.7. The molecule has 0 radical (unpaired) electrons. The molecule has 17 heavy (non-hydrogen) atoms. The molecule has 100 valence electrons. The molecule has 2 atom stereocenters. The summed E-state index contributed by atoms with van der Waals surface area (Å²) in [5.74, 6) is 1.93. The van der Waals surface area contributed by atoms with Crippen molar-refractivity contribution < 1.29 is 4.79 Å². The van der Waals surface area contributed by atoms with Gasteiger partial charge in [0.2, 0.25) is 5.91 Å². The van der Waals surface area contributed by atoms with Crippen molar-refractivity contribution in [3.05, 3.63) is 0 Å². The maximum absolute atomic E-state index is 12.0. The number of rotatable bonds is 8. The minimum atomic E-state index is -0.355. The molecule has 0 aliphatic rings. The minimum Gasteiger partial charge on any atom is -0.393 e. The number of hydrogen-bond donors (Lipinski definition) is 2. The fraction of sp³-hybridized carbons (Fsp3) is 0.833. The molecule has 0 fully saturated rings. The van der Waals surface area contributed by atoms with Crippen LogP contribution >= 0.6 is 24.0 Å². The Hall–Kier alpha value is -0.290. The second-order valence-corrected chi connectivity index (χ2v) is 6.38. The summed E-state index contributed by atoms with van der Waals surface area (Å²) in [5, 5.41) is 2.98. The summed E-state index contributed by atoms with van der Waals surface area (Å²) in [5.41, 5.74) is 5.60. The van der Waals surface area contributed by atoms with Crippen LogP contribution < -0.4 is 11.1 Å². The lowest BCUT2D eigenvalue weighted by Gasteiger charge is -2.21. The number of nitrogens with two attached hydrogens (primary N) is 1. The third-order valence-corrected chi connectivity index (χ3v) is 3.73. The maximum atomic E-state index is 12.0. The quantitative estimate of drug-likeness (QED) is 0.527. The van der Waals surface area contributed by atoms with Gasteiger partial charge in [-0.1, -0.05) is 33.0 Å². The van der Waals surface area contributed by atoms with Gasteiger partial charge in [0.05, 0.1) is 10.9 Å². The second kappa shape index (κ2) is 8.75. The maximum Gasteiger partial charge on any atom is 0.230 e. The average Bonchev–Trinajstić information content (AvgIpc) is 2.16. The Morgan fingerprint density at radius 2 is 2.00 bits per heavy atom. The Balaban J connectivity index is 4.17. The summed E-state index contributed by atoms with van der Waals surface area (Å²) < 4.78 is 0. The Labute approximate surface area is 114 Å². The van der Waals surface area contributed by atoms with Crippen LogP contribution in [0.5, 0.6) is 0 Å². The van der Waals surface area contributed by atoms with Gasteiger partial charge in [-0.15, -0.1) is 0 Å². The van der Waals surface area contributed by atoms with Crippen LogP contribution in [0.2, 0.25) is 0 Å².